The van der Waals surface area contributed by atoms with E-state index >= 15 is 0 Å². The number of carbonyl (C=O) groups is 2. The molecule has 0 unspecified atom stereocenters. The van der Waals surface area contributed by atoms with Gasteiger partial charge in [0.25, 0.3) is 11.5 Å². The quantitative estimate of drug-likeness (QED) is 0.670. The fraction of sp³-hybridized carbons (Fsp3) is 0.273. The number of benzene rings is 2. The lowest BCUT2D eigenvalue weighted by atomic mass is 10.0. The zero-order chi connectivity index (χ0) is 20.2. The van der Waals surface area contributed by atoms with E-state index in [1.54, 1.807) is 48.5 Å². The van der Waals surface area contributed by atoms with Crippen molar-refractivity contribution in [3.63, 3.8) is 0 Å². The van der Waals surface area contributed by atoms with Crippen LogP contribution in [0.25, 0.3) is 16.5 Å². The van der Waals surface area contributed by atoms with Crippen LogP contribution in [0.1, 0.15) is 42.6 Å². The second-order valence-corrected chi connectivity index (χ2v) is 7.30. The number of nitrogens with zero attached hydrogens (tertiary/aromatic N) is 2. The minimum atomic E-state index is -0.564. The molecule has 29 heavy (non-hydrogen) atoms. The van der Waals surface area contributed by atoms with Crippen molar-refractivity contribution in [2.24, 2.45) is 5.92 Å². The van der Waals surface area contributed by atoms with E-state index in [1.165, 1.54) is 4.68 Å². The van der Waals surface area contributed by atoms with Crippen LogP contribution in [0.15, 0.2) is 59.4 Å². The van der Waals surface area contributed by atoms with Crippen LogP contribution in [-0.4, -0.2) is 21.6 Å². The Bertz CT molecular complexity index is 1100. The van der Waals surface area contributed by atoms with Crippen LogP contribution in [0.5, 0.6) is 0 Å². The van der Waals surface area contributed by atoms with E-state index in [0.29, 0.717) is 28.8 Å². The average molecular weight is 390 g/mol. The van der Waals surface area contributed by atoms with E-state index < -0.39 is 5.91 Å². The summed E-state index contributed by atoms with van der Waals surface area (Å²) in [5.41, 5.74) is 5.25. The molecule has 0 atom stereocenters. The summed E-state index contributed by atoms with van der Waals surface area (Å²) in [5.74, 6) is -0.401. The first-order chi connectivity index (χ1) is 14.1. The molecule has 4 rings (SSSR count). The molecule has 0 spiro atoms. The van der Waals surface area contributed by atoms with Gasteiger partial charge >= 0.3 is 0 Å². The molecule has 2 aromatic carbocycles. The van der Waals surface area contributed by atoms with Crippen LogP contribution in [0.2, 0.25) is 0 Å². The van der Waals surface area contributed by atoms with Crippen molar-refractivity contribution in [3.05, 3.63) is 70.6 Å². The van der Waals surface area contributed by atoms with Crippen molar-refractivity contribution < 1.29 is 9.59 Å². The first-order valence-electron chi connectivity index (χ1n) is 9.80. The number of para-hydroxylation sites is 1. The lowest BCUT2D eigenvalue weighted by Gasteiger charge is -2.13. The van der Waals surface area contributed by atoms with Crippen LogP contribution in [0.4, 0.5) is 0 Å². The topological polar surface area (TPSA) is 93.1 Å². The van der Waals surface area contributed by atoms with Gasteiger partial charge in [0.15, 0.2) is 5.69 Å². The Balaban J connectivity index is 1.62. The van der Waals surface area contributed by atoms with Gasteiger partial charge in [-0.05, 0) is 37.0 Å². The molecular formula is C22H22N4O3. The van der Waals surface area contributed by atoms with Crippen molar-refractivity contribution in [2.75, 3.05) is 0 Å². The van der Waals surface area contributed by atoms with Crippen LogP contribution in [0, 0.1) is 5.92 Å². The summed E-state index contributed by atoms with van der Waals surface area (Å²) in [6.45, 7) is 0. The van der Waals surface area contributed by atoms with Gasteiger partial charge in [0.1, 0.15) is 0 Å². The minimum absolute atomic E-state index is 0.0743. The smallest absolute Gasteiger partial charge is 0.273 e. The van der Waals surface area contributed by atoms with Gasteiger partial charge < -0.3 is 0 Å². The van der Waals surface area contributed by atoms with Crippen LogP contribution in [-0.2, 0) is 4.79 Å². The average Bonchev–Trinajstić information content (AvgIpc) is 3.26. The SMILES string of the molecule is O=C(CC1CCCC1)NNC(=O)c1nn(-c2ccccc2)c(=O)c2ccccc12. The number of hydrazine groups is 1. The maximum atomic E-state index is 12.9. The van der Waals surface area contributed by atoms with Gasteiger partial charge in [-0.15, -0.1) is 0 Å². The Labute approximate surface area is 167 Å². The first-order valence-corrected chi connectivity index (χ1v) is 9.80. The third-order valence-corrected chi connectivity index (χ3v) is 5.29. The molecule has 0 saturated heterocycles. The molecular weight excluding hydrogens is 368 g/mol. The number of nitrogens with one attached hydrogen (secondary N) is 2. The minimum Gasteiger partial charge on any atom is -0.273 e. The maximum Gasteiger partial charge on any atom is 0.290 e. The van der Waals surface area contributed by atoms with E-state index in [-0.39, 0.29) is 17.2 Å². The Morgan fingerprint density at radius 2 is 1.59 bits per heavy atom. The maximum absolute atomic E-state index is 12.9. The van der Waals surface area contributed by atoms with Gasteiger partial charge in [0, 0.05) is 11.8 Å². The molecule has 1 saturated carbocycles. The van der Waals surface area contributed by atoms with E-state index in [1.807, 2.05) is 6.07 Å². The second kappa shape index (κ2) is 8.26. The first kappa shape index (κ1) is 18.9. The third-order valence-electron chi connectivity index (χ3n) is 5.29. The summed E-state index contributed by atoms with van der Waals surface area (Å²) in [5, 5.41) is 5.11. The van der Waals surface area contributed by atoms with Gasteiger partial charge in [-0.1, -0.05) is 49.2 Å². The van der Waals surface area contributed by atoms with Crippen LogP contribution < -0.4 is 16.4 Å². The lowest BCUT2D eigenvalue weighted by molar-refractivity contribution is -0.122. The summed E-state index contributed by atoms with van der Waals surface area (Å²) in [6.07, 6.45) is 4.81. The summed E-state index contributed by atoms with van der Waals surface area (Å²) >= 11 is 0. The number of amides is 2. The zero-order valence-corrected chi connectivity index (χ0v) is 15.9. The van der Waals surface area contributed by atoms with Crippen molar-refractivity contribution >= 4 is 22.6 Å². The molecule has 0 radical (unpaired) electrons. The Kier molecular flexibility index (Phi) is 5.37. The highest BCUT2D eigenvalue weighted by Gasteiger charge is 2.20. The molecule has 1 heterocycles. The monoisotopic (exact) mass is 390 g/mol. The summed E-state index contributed by atoms with van der Waals surface area (Å²) in [7, 11) is 0. The Morgan fingerprint density at radius 1 is 0.931 bits per heavy atom. The number of aromatic nitrogens is 2. The molecule has 7 heteroatoms. The summed E-state index contributed by atoms with van der Waals surface area (Å²) in [4.78, 5) is 37.8. The van der Waals surface area contributed by atoms with E-state index in [4.69, 9.17) is 0 Å². The second-order valence-electron chi connectivity index (χ2n) is 7.30. The summed E-state index contributed by atoms with van der Waals surface area (Å²) in [6, 6.07) is 15.7. The highest BCUT2D eigenvalue weighted by Crippen LogP contribution is 2.27. The molecule has 1 fully saturated rings. The number of carbonyl (C=O) groups excluding carboxylic acids is 2. The van der Waals surface area contributed by atoms with E-state index in [9.17, 15) is 14.4 Å². The molecule has 7 nitrogen and oxygen atoms in total. The molecule has 2 N–H and O–H groups in total. The molecule has 2 amide bonds. The molecule has 1 aliphatic rings. The standard InChI is InChI=1S/C22H22N4O3/c27-19(14-15-8-4-5-9-15)23-24-21(28)20-17-12-6-7-13-18(17)22(29)26(25-20)16-10-2-1-3-11-16/h1-3,6-7,10-13,15H,4-5,8-9,14H2,(H,23,27)(H,24,28). The van der Waals surface area contributed by atoms with E-state index in [2.05, 4.69) is 16.0 Å². The number of hydrogen-bond acceptors (Lipinski definition) is 4. The van der Waals surface area contributed by atoms with Crippen LogP contribution >= 0.6 is 0 Å². The molecule has 0 bridgehead atoms. The molecule has 0 aliphatic heterocycles. The van der Waals surface area contributed by atoms with Crippen molar-refractivity contribution in [3.8, 4) is 5.69 Å². The van der Waals surface area contributed by atoms with Crippen molar-refractivity contribution in [1.29, 1.82) is 0 Å². The predicted molar refractivity (Wildman–Crippen MR) is 110 cm³/mol. The fourth-order valence-electron chi connectivity index (χ4n) is 3.81. The van der Waals surface area contributed by atoms with Gasteiger partial charge in [-0.3, -0.25) is 25.2 Å². The van der Waals surface area contributed by atoms with E-state index in [0.717, 1.165) is 25.7 Å². The number of fused-ring (bicyclic) bond motifs is 1. The van der Waals surface area contributed by atoms with Crippen LogP contribution in [0.3, 0.4) is 0 Å². The highest BCUT2D eigenvalue weighted by molar-refractivity contribution is 6.05. The summed E-state index contributed by atoms with van der Waals surface area (Å²) < 4.78 is 1.21. The zero-order valence-electron chi connectivity index (χ0n) is 15.9. The highest BCUT2D eigenvalue weighted by atomic mass is 16.2. The molecule has 148 valence electrons. The van der Waals surface area contributed by atoms with Gasteiger partial charge in [-0.2, -0.15) is 9.78 Å². The fourth-order valence-corrected chi connectivity index (χ4v) is 3.81. The Hall–Kier alpha value is -3.48. The van der Waals surface area contributed by atoms with Crippen molar-refractivity contribution in [2.45, 2.75) is 32.1 Å². The third kappa shape index (κ3) is 4.03. The molecule has 1 aliphatic carbocycles. The van der Waals surface area contributed by atoms with Gasteiger partial charge in [0.05, 0.1) is 11.1 Å². The number of rotatable bonds is 4. The molecule has 3 aromatic rings. The Morgan fingerprint density at radius 3 is 2.31 bits per heavy atom. The largest absolute Gasteiger partial charge is 0.290 e. The predicted octanol–water partition coefficient (Wildman–Crippen LogP) is 2.73. The van der Waals surface area contributed by atoms with Gasteiger partial charge in [-0.25, -0.2) is 0 Å². The van der Waals surface area contributed by atoms with Gasteiger partial charge in [0.2, 0.25) is 5.91 Å². The number of hydrogen-bond donors (Lipinski definition) is 2. The molecule has 1 aromatic heterocycles. The van der Waals surface area contributed by atoms with Crippen molar-refractivity contribution in [1.82, 2.24) is 20.6 Å². The lowest BCUT2D eigenvalue weighted by Crippen LogP contribution is -2.43. The normalized spacial score (nSPS) is 14.1.